The Balaban J connectivity index is 1.89. The largest absolute Gasteiger partial charge is 0.496 e. The summed E-state index contributed by atoms with van der Waals surface area (Å²) in [7, 11) is 5.50. The van der Waals surface area contributed by atoms with Gasteiger partial charge in [-0.25, -0.2) is 0 Å². The number of likely N-dealkylation sites (N-methyl/N-ethyl adjacent to an activating group) is 1. The Kier molecular flexibility index (Phi) is 5.70. The third kappa shape index (κ3) is 4.25. The van der Waals surface area contributed by atoms with Crippen molar-refractivity contribution in [2.24, 2.45) is 0 Å². The lowest BCUT2D eigenvalue weighted by Crippen LogP contribution is -2.44. The molecule has 0 saturated carbocycles. The molecule has 1 aromatic rings. The van der Waals surface area contributed by atoms with Gasteiger partial charge in [0.15, 0.2) is 0 Å². The van der Waals surface area contributed by atoms with E-state index in [2.05, 4.69) is 16.8 Å². The maximum Gasteiger partial charge on any atom is 0.145 e. The lowest BCUT2D eigenvalue weighted by molar-refractivity contribution is 0.153. The fraction of sp³-hybridized carbons (Fsp3) is 0.625. The van der Waals surface area contributed by atoms with Crippen LogP contribution in [0.3, 0.4) is 0 Å². The Morgan fingerprint density at radius 3 is 2.33 bits per heavy atom. The van der Waals surface area contributed by atoms with E-state index < -0.39 is 0 Å². The number of benzene rings is 1. The van der Waals surface area contributed by atoms with Gasteiger partial charge in [-0.15, -0.1) is 0 Å². The van der Waals surface area contributed by atoms with Crippen molar-refractivity contribution in [2.45, 2.75) is 12.8 Å². The normalized spacial score (nSPS) is 16.9. The minimum atomic E-state index is 0.674. The molecule has 1 aromatic carbocycles. The highest BCUT2D eigenvalue weighted by Crippen LogP contribution is 2.31. The summed E-state index contributed by atoms with van der Waals surface area (Å²) in [5.41, 5.74) is 7.82. The molecule has 1 aliphatic rings. The number of ether oxygens (including phenoxy) is 2. The zero-order valence-electron chi connectivity index (χ0n) is 13.4. The zero-order chi connectivity index (χ0) is 15.2. The van der Waals surface area contributed by atoms with Crippen LogP contribution in [0.2, 0.25) is 0 Å². The van der Waals surface area contributed by atoms with Crippen molar-refractivity contribution in [3.05, 3.63) is 17.7 Å². The van der Waals surface area contributed by atoms with Gasteiger partial charge >= 0.3 is 0 Å². The van der Waals surface area contributed by atoms with Gasteiger partial charge in [0, 0.05) is 32.2 Å². The summed E-state index contributed by atoms with van der Waals surface area (Å²) in [6.07, 6.45) is 2.09. The Labute approximate surface area is 127 Å². The first kappa shape index (κ1) is 15.9. The molecule has 21 heavy (non-hydrogen) atoms. The van der Waals surface area contributed by atoms with Crippen LogP contribution in [-0.4, -0.2) is 63.8 Å². The fourth-order valence-electron chi connectivity index (χ4n) is 2.75. The third-order valence-corrected chi connectivity index (χ3v) is 4.15. The van der Waals surface area contributed by atoms with Gasteiger partial charge in [-0.2, -0.15) is 0 Å². The predicted octanol–water partition coefficient (Wildman–Crippen LogP) is 1.47. The fourth-order valence-corrected chi connectivity index (χ4v) is 2.75. The van der Waals surface area contributed by atoms with E-state index in [9.17, 15) is 0 Å². The van der Waals surface area contributed by atoms with Crippen LogP contribution in [0.5, 0.6) is 11.5 Å². The summed E-state index contributed by atoms with van der Waals surface area (Å²) in [6, 6.07) is 3.85. The van der Waals surface area contributed by atoms with Gasteiger partial charge in [0.05, 0.1) is 19.9 Å². The Morgan fingerprint density at radius 2 is 1.71 bits per heavy atom. The second kappa shape index (κ2) is 7.52. The minimum absolute atomic E-state index is 0.674. The second-order valence-electron chi connectivity index (χ2n) is 5.65. The van der Waals surface area contributed by atoms with E-state index in [1.165, 1.54) is 26.2 Å². The van der Waals surface area contributed by atoms with Crippen molar-refractivity contribution in [3.8, 4) is 11.5 Å². The molecule has 1 aliphatic heterocycles. The molecule has 1 saturated heterocycles. The number of aryl methyl sites for hydroxylation is 1. The van der Waals surface area contributed by atoms with Crippen molar-refractivity contribution in [3.63, 3.8) is 0 Å². The summed E-state index contributed by atoms with van der Waals surface area (Å²) < 4.78 is 10.7. The van der Waals surface area contributed by atoms with Crippen LogP contribution >= 0.6 is 0 Å². The first-order valence-corrected chi connectivity index (χ1v) is 7.55. The molecule has 2 N–H and O–H groups in total. The number of piperazine rings is 1. The molecule has 0 bridgehead atoms. The highest BCUT2D eigenvalue weighted by molar-refractivity contribution is 5.59. The van der Waals surface area contributed by atoms with E-state index in [1.54, 1.807) is 14.2 Å². The van der Waals surface area contributed by atoms with Gasteiger partial charge in [-0.05, 0) is 38.1 Å². The highest BCUT2D eigenvalue weighted by atomic mass is 16.5. The van der Waals surface area contributed by atoms with Gasteiger partial charge in [0.2, 0.25) is 0 Å². The van der Waals surface area contributed by atoms with Crippen molar-refractivity contribution < 1.29 is 9.47 Å². The van der Waals surface area contributed by atoms with E-state index in [0.29, 0.717) is 11.4 Å². The van der Waals surface area contributed by atoms with Gasteiger partial charge in [0.1, 0.15) is 11.5 Å². The predicted molar refractivity (Wildman–Crippen MR) is 86.2 cm³/mol. The molecular weight excluding hydrogens is 266 g/mol. The average Bonchev–Trinajstić information content (AvgIpc) is 2.49. The van der Waals surface area contributed by atoms with Crippen LogP contribution in [0.1, 0.15) is 12.0 Å². The summed E-state index contributed by atoms with van der Waals surface area (Å²) in [5, 5.41) is 0. The Hall–Kier alpha value is -1.46. The van der Waals surface area contributed by atoms with E-state index in [0.717, 1.165) is 30.7 Å². The van der Waals surface area contributed by atoms with Gasteiger partial charge in [-0.3, -0.25) is 0 Å². The third-order valence-electron chi connectivity index (χ3n) is 4.15. The smallest absolute Gasteiger partial charge is 0.145 e. The standard InChI is InChI=1S/C16H27N3O2/c1-18-7-9-19(10-8-18)6-4-5-13-11-14(17)16(21-3)12-15(13)20-2/h11-12H,4-10,17H2,1-3H3. The molecule has 0 amide bonds. The molecule has 2 rings (SSSR count). The van der Waals surface area contributed by atoms with Crippen molar-refractivity contribution >= 4 is 5.69 Å². The Bertz CT molecular complexity index is 457. The number of rotatable bonds is 6. The number of nitrogens with two attached hydrogens (primary N) is 1. The minimum Gasteiger partial charge on any atom is -0.496 e. The Morgan fingerprint density at radius 1 is 1.05 bits per heavy atom. The van der Waals surface area contributed by atoms with Crippen molar-refractivity contribution in [2.75, 3.05) is 59.7 Å². The number of hydrogen-bond acceptors (Lipinski definition) is 5. The lowest BCUT2D eigenvalue weighted by atomic mass is 10.1. The maximum atomic E-state index is 5.99. The molecular formula is C16H27N3O2. The topological polar surface area (TPSA) is 51.0 Å². The summed E-state index contributed by atoms with van der Waals surface area (Å²) in [6.45, 7) is 5.79. The van der Waals surface area contributed by atoms with Crippen LogP contribution < -0.4 is 15.2 Å². The number of methoxy groups -OCH3 is 2. The molecule has 0 unspecified atom stereocenters. The molecule has 1 heterocycles. The van der Waals surface area contributed by atoms with Crippen molar-refractivity contribution in [1.29, 1.82) is 0 Å². The van der Waals surface area contributed by atoms with E-state index in [-0.39, 0.29) is 0 Å². The monoisotopic (exact) mass is 293 g/mol. The van der Waals surface area contributed by atoms with Gasteiger partial charge < -0.3 is 25.0 Å². The SMILES string of the molecule is COc1cc(OC)c(CCCN2CCN(C)CC2)cc1N. The molecule has 5 nitrogen and oxygen atoms in total. The zero-order valence-corrected chi connectivity index (χ0v) is 13.4. The second-order valence-corrected chi connectivity index (χ2v) is 5.65. The maximum absolute atomic E-state index is 5.99. The first-order chi connectivity index (χ1) is 10.1. The number of nitrogens with zero attached hydrogens (tertiary/aromatic N) is 2. The van der Waals surface area contributed by atoms with Crippen LogP contribution in [-0.2, 0) is 6.42 Å². The average molecular weight is 293 g/mol. The van der Waals surface area contributed by atoms with Crippen LogP contribution in [0.4, 0.5) is 5.69 Å². The molecule has 0 spiro atoms. The van der Waals surface area contributed by atoms with Gasteiger partial charge in [-0.1, -0.05) is 0 Å². The summed E-state index contributed by atoms with van der Waals surface area (Å²) in [4.78, 5) is 4.91. The highest BCUT2D eigenvalue weighted by Gasteiger charge is 2.14. The van der Waals surface area contributed by atoms with Gasteiger partial charge in [0.25, 0.3) is 0 Å². The molecule has 118 valence electrons. The van der Waals surface area contributed by atoms with E-state index in [4.69, 9.17) is 15.2 Å². The molecule has 0 atom stereocenters. The lowest BCUT2D eigenvalue weighted by Gasteiger charge is -2.32. The molecule has 1 fully saturated rings. The number of nitrogen functional groups attached to an aromatic ring is 1. The van der Waals surface area contributed by atoms with E-state index >= 15 is 0 Å². The molecule has 0 aromatic heterocycles. The van der Waals surface area contributed by atoms with E-state index in [1.807, 2.05) is 12.1 Å². The summed E-state index contributed by atoms with van der Waals surface area (Å²) >= 11 is 0. The van der Waals surface area contributed by atoms with Crippen molar-refractivity contribution in [1.82, 2.24) is 9.80 Å². The quantitative estimate of drug-likeness (QED) is 0.805. The van der Waals surface area contributed by atoms with Crippen LogP contribution in [0.25, 0.3) is 0 Å². The van der Waals surface area contributed by atoms with Crippen LogP contribution in [0.15, 0.2) is 12.1 Å². The molecule has 0 radical (unpaired) electrons. The number of anilines is 1. The molecule has 0 aliphatic carbocycles. The van der Waals surface area contributed by atoms with Crippen LogP contribution in [0, 0.1) is 0 Å². The number of hydrogen-bond donors (Lipinski definition) is 1. The first-order valence-electron chi connectivity index (χ1n) is 7.55. The summed E-state index contributed by atoms with van der Waals surface area (Å²) in [5.74, 6) is 1.54. The molecule has 5 heteroatoms.